The van der Waals surface area contributed by atoms with Gasteiger partial charge in [-0.1, -0.05) is 19.1 Å². The van der Waals surface area contributed by atoms with Crippen LogP contribution in [0.4, 0.5) is 16.3 Å². The Morgan fingerprint density at radius 1 is 1.38 bits per heavy atom. The predicted molar refractivity (Wildman–Crippen MR) is 142 cm³/mol. The number of rotatable bonds is 5. The van der Waals surface area contributed by atoms with Crippen LogP contribution in [0.15, 0.2) is 47.9 Å². The van der Waals surface area contributed by atoms with Crippen molar-refractivity contribution in [2.75, 3.05) is 25.0 Å². The number of nitrogens with two attached hydrogens (primary N) is 1. The van der Waals surface area contributed by atoms with Crippen molar-refractivity contribution in [3.8, 4) is 0 Å². The molecule has 9 nitrogen and oxygen atoms in total. The van der Waals surface area contributed by atoms with Gasteiger partial charge in [0.05, 0.1) is 23.6 Å². The number of carbonyl (C=O) groups is 1. The molecule has 1 aliphatic rings. The number of nitrogens with zero attached hydrogens (tertiary/aromatic N) is 6. The Kier molecular flexibility index (Phi) is 6.97. The Hall–Kier alpha value is -3.66. The minimum atomic E-state index is -0.369. The third-order valence-corrected chi connectivity index (χ3v) is 6.45. The number of fused-ring (bicyclic) bond motifs is 1. The molecule has 10 heteroatoms. The van der Waals surface area contributed by atoms with Gasteiger partial charge in [0.1, 0.15) is 11.3 Å². The van der Waals surface area contributed by atoms with E-state index in [-0.39, 0.29) is 12.6 Å². The third kappa shape index (κ3) is 4.81. The first-order chi connectivity index (χ1) is 16.4. The maximum Gasteiger partial charge on any atom is 0.346 e. The van der Waals surface area contributed by atoms with Crippen LogP contribution in [-0.4, -0.2) is 56.3 Å². The Balaban J connectivity index is 0.00000342. The minimum absolute atomic E-state index is 0. The number of carbonyl (C=O) groups excluding carboxylic acids is 1. The molecule has 0 saturated carbocycles. The van der Waals surface area contributed by atoms with E-state index in [1.54, 1.807) is 11.2 Å². The van der Waals surface area contributed by atoms with Crippen LogP contribution in [0.5, 0.6) is 0 Å². The van der Waals surface area contributed by atoms with Crippen molar-refractivity contribution in [3.05, 3.63) is 54.0 Å². The number of amides is 2. The van der Waals surface area contributed by atoms with Gasteiger partial charge >= 0.3 is 6.03 Å². The summed E-state index contributed by atoms with van der Waals surface area (Å²) < 4.78 is 1.99. The van der Waals surface area contributed by atoms with Gasteiger partial charge in [0.15, 0.2) is 5.17 Å². The van der Waals surface area contributed by atoms with E-state index < -0.39 is 0 Å². The number of thioether (sulfide) groups is 1. The second kappa shape index (κ2) is 10.1. The average molecular weight is 479 g/mol. The molecule has 0 atom stereocenters. The van der Waals surface area contributed by atoms with E-state index in [1.165, 1.54) is 16.7 Å². The van der Waals surface area contributed by atoms with Crippen LogP contribution in [0.2, 0.25) is 0 Å². The highest BCUT2D eigenvalue weighted by Gasteiger charge is 2.19. The molecule has 2 amide bonds. The number of anilines is 2. The number of benzene rings is 1. The van der Waals surface area contributed by atoms with Crippen LogP contribution in [0.3, 0.4) is 0 Å². The van der Waals surface area contributed by atoms with Gasteiger partial charge in [0, 0.05) is 40.4 Å². The van der Waals surface area contributed by atoms with Crippen molar-refractivity contribution in [3.63, 3.8) is 0 Å². The number of pyridine rings is 1. The summed E-state index contributed by atoms with van der Waals surface area (Å²) in [5, 5.41) is 7.12. The molecular formula is C24H30N8OS. The molecule has 0 fully saturated rings. The van der Waals surface area contributed by atoms with E-state index in [0.29, 0.717) is 13.1 Å². The minimum Gasteiger partial charge on any atom is -0.378 e. The molecule has 3 N–H and O–H groups in total. The molecule has 0 spiro atoms. The Morgan fingerprint density at radius 3 is 2.91 bits per heavy atom. The van der Waals surface area contributed by atoms with Gasteiger partial charge in [-0.2, -0.15) is 4.99 Å². The standard InChI is InChI=1S/C24H28N8OS.H2/c1-4-16-11-18(17-7-9-32(10-8-17)24(33)29-23(26)34-14-25)5-6-20(16)31(3)22-12-21-19(13-27-22)28-15-30(21)2;/h5-7,11-15,25H,4,8-10H2,1-3H3,(H2,26,29,33);1H. The molecule has 0 bridgehead atoms. The Labute approximate surface area is 204 Å². The van der Waals surface area contributed by atoms with Crippen LogP contribution in [0, 0.1) is 5.41 Å². The van der Waals surface area contributed by atoms with Crippen molar-refractivity contribution < 1.29 is 6.22 Å². The summed E-state index contributed by atoms with van der Waals surface area (Å²) in [4.78, 5) is 28.9. The van der Waals surface area contributed by atoms with Gasteiger partial charge in [-0.25, -0.2) is 14.8 Å². The maximum atomic E-state index is 12.3. The summed E-state index contributed by atoms with van der Waals surface area (Å²) in [6.45, 7) is 3.21. The molecule has 3 heterocycles. The van der Waals surface area contributed by atoms with E-state index in [0.717, 1.165) is 52.7 Å². The number of aliphatic imine (C=N–C) groups is 1. The zero-order chi connectivity index (χ0) is 24.2. The molecule has 4 rings (SSSR count). The fraction of sp³-hybridized carbons (Fsp3) is 0.292. The molecule has 34 heavy (non-hydrogen) atoms. The second-order valence-corrected chi connectivity index (χ2v) is 8.93. The highest BCUT2D eigenvalue weighted by Crippen LogP contribution is 2.32. The highest BCUT2D eigenvalue weighted by atomic mass is 32.2. The van der Waals surface area contributed by atoms with Crippen LogP contribution in [-0.2, 0) is 13.5 Å². The van der Waals surface area contributed by atoms with Crippen LogP contribution >= 0.6 is 11.8 Å². The first-order valence-electron chi connectivity index (χ1n) is 11.0. The molecule has 1 aliphatic heterocycles. The van der Waals surface area contributed by atoms with Crippen molar-refractivity contribution in [1.29, 1.82) is 5.41 Å². The molecule has 0 saturated heterocycles. The molecule has 178 valence electrons. The lowest BCUT2D eigenvalue weighted by atomic mass is 9.96. The van der Waals surface area contributed by atoms with Crippen molar-refractivity contribution >= 4 is 56.6 Å². The number of hydrogen-bond donors (Lipinski definition) is 2. The van der Waals surface area contributed by atoms with Gasteiger partial charge in [-0.05, 0) is 53.4 Å². The first kappa shape index (κ1) is 23.5. The number of nitrogens with one attached hydrogen (secondary N) is 1. The summed E-state index contributed by atoms with van der Waals surface area (Å²) in [6.07, 6.45) is 7.31. The van der Waals surface area contributed by atoms with E-state index >= 15 is 0 Å². The van der Waals surface area contributed by atoms with Crippen molar-refractivity contribution in [2.24, 2.45) is 17.8 Å². The van der Waals surface area contributed by atoms with E-state index in [4.69, 9.17) is 11.1 Å². The zero-order valence-electron chi connectivity index (χ0n) is 19.5. The smallest absolute Gasteiger partial charge is 0.346 e. The lowest BCUT2D eigenvalue weighted by Crippen LogP contribution is -2.33. The van der Waals surface area contributed by atoms with Gasteiger partial charge in [0.25, 0.3) is 0 Å². The van der Waals surface area contributed by atoms with Crippen LogP contribution in [0.25, 0.3) is 16.6 Å². The average Bonchev–Trinajstić information content (AvgIpc) is 3.23. The van der Waals surface area contributed by atoms with E-state index in [2.05, 4.69) is 57.1 Å². The Bertz CT molecular complexity index is 1300. The lowest BCUT2D eigenvalue weighted by molar-refractivity contribution is 0.213. The SMILES string of the molecule is CCc1cc(C2=CCN(C(=O)/N=C(/N)SC=N)CC2)ccc1N(C)c1cc2c(cn1)ncn2C.[HH]. The molecule has 0 aliphatic carbocycles. The lowest BCUT2D eigenvalue weighted by Gasteiger charge is -2.26. The number of aryl methyl sites for hydroxylation is 2. The summed E-state index contributed by atoms with van der Waals surface area (Å²) in [5.41, 5.74) is 13.3. The van der Waals surface area contributed by atoms with Gasteiger partial charge < -0.3 is 25.5 Å². The van der Waals surface area contributed by atoms with Gasteiger partial charge in [0.2, 0.25) is 0 Å². The van der Waals surface area contributed by atoms with Crippen LogP contribution < -0.4 is 10.6 Å². The van der Waals surface area contributed by atoms with Crippen molar-refractivity contribution in [2.45, 2.75) is 19.8 Å². The summed E-state index contributed by atoms with van der Waals surface area (Å²) in [7, 11) is 4.01. The predicted octanol–water partition coefficient (Wildman–Crippen LogP) is 4.41. The highest BCUT2D eigenvalue weighted by molar-refractivity contribution is 8.24. The zero-order valence-corrected chi connectivity index (χ0v) is 20.3. The molecule has 2 aromatic heterocycles. The number of hydrogen-bond acceptors (Lipinski definition) is 6. The van der Waals surface area contributed by atoms with E-state index in [1.807, 2.05) is 24.9 Å². The largest absolute Gasteiger partial charge is 0.378 e. The number of urea groups is 1. The Morgan fingerprint density at radius 2 is 2.21 bits per heavy atom. The first-order valence-corrected chi connectivity index (χ1v) is 11.9. The summed E-state index contributed by atoms with van der Waals surface area (Å²) >= 11 is 0.922. The maximum absolute atomic E-state index is 12.3. The van der Waals surface area contributed by atoms with Crippen molar-refractivity contribution in [1.82, 2.24) is 19.4 Å². The normalized spacial score (nSPS) is 14.3. The molecule has 3 aromatic rings. The fourth-order valence-electron chi connectivity index (χ4n) is 4.08. The van der Waals surface area contributed by atoms with Gasteiger partial charge in [-0.15, -0.1) is 0 Å². The van der Waals surface area contributed by atoms with E-state index in [9.17, 15) is 4.79 Å². The number of imidazole rings is 1. The monoisotopic (exact) mass is 478 g/mol. The number of aromatic nitrogens is 3. The summed E-state index contributed by atoms with van der Waals surface area (Å²) in [6, 6.07) is 8.19. The third-order valence-electron chi connectivity index (χ3n) is 6.00. The molecule has 0 unspecified atom stereocenters. The van der Waals surface area contributed by atoms with Gasteiger partial charge in [-0.3, -0.25) is 0 Å². The second-order valence-electron chi connectivity index (χ2n) is 8.04. The topological polar surface area (TPSA) is 116 Å². The quantitative estimate of drug-likeness (QED) is 0.414. The molecule has 1 aromatic carbocycles. The fourth-order valence-corrected chi connectivity index (χ4v) is 4.33. The molecule has 0 radical (unpaired) electrons. The number of amidine groups is 1. The van der Waals surface area contributed by atoms with Crippen LogP contribution in [0.1, 0.15) is 25.9 Å². The molecular weight excluding hydrogens is 448 g/mol. The summed E-state index contributed by atoms with van der Waals surface area (Å²) in [5.74, 6) is 0.866.